The fraction of sp³-hybridized carbons (Fsp3) is 0.133. The first-order valence-electron chi connectivity index (χ1n) is 12.1. The highest BCUT2D eigenvalue weighted by atomic mass is 16.2. The maximum absolute atomic E-state index is 14.0. The zero-order valence-electron chi connectivity index (χ0n) is 20.5. The molecule has 184 valence electrons. The first-order valence-corrected chi connectivity index (χ1v) is 12.1. The van der Waals surface area contributed by atoms with E-state index in [1.807, 2.05) is 116 Å². The van der Waals surface area contributed by atoms with Crippen LogP contribution in [0, 0.1) is 6.92 Å². The first kappa shape index (κ1) is 23.9. The van der Waals surface area contributed by atoms with Gasteiger partial charge in [0.2, 0.25) is 11.8 Å². The standard InChI is InChI=1S/C30H27N5O2/c1-22-12-8-9-17-25(22)29(30(37)31-20-23-13-4-2-5-14-23)35(24-15-6-3-7-16-24)28(36)21-34-27-19-11-10-18-26(27)32-33-34/h2-19,29H,20-21H2,1H3,(H,31,37)/t29-/m0/s1. The Balaban J connectivity index is 1.54. The van der Waals surface area contributed by atoms with Crippen LogP contribution in [0.5, 0.6) is 0 Å². The van der Waals surface area contributed by atoms with Crippen molar-refractivity contribution in [3.63, 3.8) is 0 Å². The summed E-state index contributed by atoms with van der Waals surface area (Å²) >= 11 is 0. The van der Waals surface area contributed by atoms with Gasteiger partial charge in [-0.25, -0.2) is 4.68 Å². The van der Waals surface area contributed by atoms with Crippen molar-refractivity contribution in [2.24, 2.45) is 0 Å². The van der Waals surface area contributed by atoms with Gasteiger partial charge < -0.3 is 5.32 Å². The first-order chi connectivity index (χ1) is 18.1. The lowest BCUT2D eigenvalue weighted by molar-refractivity contribution is -0.127. The summed E-state index contributed by atoms with van der Waals surface area (Å²) < 4.78 is 1.57. The molecule has 0 radical (unpaired) electrons. The number of para-hydroxylation sites is 2. The molecular weight excluding hydrogens is 462 g/mol. The lowest BCUT2D eigenvalue weighted by Crippen LogP contribution is -2.45. The van der Waals surface area contributed by atoms with Gasteiger partial charge in [-0.2, -0.15) is 0 Å². The average Bonchev–Trinajstić information content (AvgIpc) is 3.34. The Bertz CT molecular complexity index is 1520. The highest BCUT2D eigenvalue weighted by Gasteiger charge is 2.34. The van der Waals surface area contributed by atoms with Crippen molar-refractivity contribution in [1.29, 1.82) is 0 Å². The minimum absolute atomic E-state index is 0.0657. The highest BCUT2D eigenvalue weighted by molar-refractivity contribution is 6.01. The smallest absolute Gasteiger partial charge is 0.249 e. The SMILES string of the molecule is Cc1ccccc1[C@@H](C(=O)NCc1ccccc1)N(C(=O)Cn1nnc2ccccc21)c1ccccc1. The van der Waals surface area contributed by atoms with Gasteiger partial charge >= 0.3 is 0 Å². The van der Waals surface area contributed by atoms with E-state index in [2.05, 4.69) is 15.6 Å². The summed E-state index contributed by atoms with van der Waals surface area (Å²) in [7, 11) is 0. The van der Waals surface area contributed by atoms with E-state index >= 15 is 0 Å². The second kappa shape index (κ2) is 10.9. The van der Waals surface area contributed by atoms with Crippen LogP contribution in [-0.4, -0.2) is 26.8 Å². The van der Waals surface area contributed by atoms with Crippen molar-refractivity contribution < 1.29 is 9.59 Å². The summed E-state index contributed by atoms with van der Waals surface area (Å²) in [5, 5.41) is 11.4. The molecule has 7 nitrogen and oxygen atoms in total. The van der Waals surface area contributed by atoms with Crippen molar-refractivity contribution in [2.45, 2.75) is 26.1 Å². The summed E-state index contributed by atoms with van der Waals surface area (Å²) in [4.78, 5) is 29.4. The van der Waals surface area contributed by atoms with E-state index in [0.717, 1.165) is 22.2 Å². The van der Waals surface area contributed by atoms with Crippen LogP contribution < -0.4 is 10.2 Å². The molecule has 1 atom stereocenters. The van der Waals surface area contributed by atoms with Gasteiger partial charge in [0.15, 0.2) is 0 Å². The van der Waals surface area contributed by atoms with E-state index in [-0.39, 0.29) is 18.4 Å². The van der Waals surface area contributed by atoms with Crippen LogP contribution in [0.2, 0.25) is 0 Å². The number of aromatic nitrogens is 3. The zero-order valence-corrected chi connectivity index (χ0v) is 20.5. The predicted octanol–water partition coefficient (Wildman–Crippen LogP) is 4.83. The van der Waals surface area contributed by atoms with Crippen molar-refractivity contribution >= 4 is 28.5 Å². The van der Waals surface area contributed by atoms with Crippen LogP contribution in [0.3, 0.4) is 0 Å². The van der Waals surface area contributed by atoms with Crippen LogP contribution in [-0.2, 0) is 22.7 Å². The Morgan fingerprint density at radius 3 is 2.24 bits per heavy atom. The highest BCUT2D eigenvalue weighted by Crippen LogP contribution is 2.30. The maximum atomic E-state index is 14.0. The van der Waals surface area contributed by atoms with Crippen LogP contribution in [0.1, 0.15) is 22.7 Å². The Kier molecular flexibility index (Phi) is 7.03. The number of fused-ring (bicyclic) bond motifs is 1. The quantitative estimate of drug-likeness (QED) is 0.339. The molecule has 5 aromatic rings. The topological polar surface area (TPSA) is 80.1 Å². The van der Waals surface area contributed by atoms with E-state index in [4.69, 9.17) is 0 Å². The van der Waals surface area contributed by atoms with Gasteiger partial charge in [-0.05, 0) is 47.9 Å². The lowest BCUT2D eigenvalue weighted by Gasteiger charge is -2.32. The largest absolute Gasteiger partial charge is 0.350 e. The molecule has 0 aliphatic heterocycles. The van der Waals surface area contributed by atoms with E-state index in [0.29, 0.717) is 17.7 Å². The molecule has 0 aliphatic carbocycles. The summed E-state index contributed by atoms with van der Waals surface area (Å²) in [6.07, 6.45) is 0. The normalized spacial score (nSPS) is 11.7. The van der Waals surface area contributed by atoms with Crippen LogP contribution in [0.15, 0.2) is 109 Å². The molecule has 0 saturated carbocycles. The van der Waals surface area contributed by atoms with E-state index in [1.54, 1.807) is 9.58 Å². The second-order valence-electron chi connectivity index (χ2n) is 8.80. The number of amides is 2. The number of hydrogen-bond donors (Lipinski definition) is 1. The minimum atomic E-state index is -0.880. The van der Waals surface area contributed by atoms with Gasteiger partial charge in [-0.15, -0.1) is 5.10 Å². The Morgan fingerprint density at radius 1 is 0.838 bits per heavy atom. The molecule has 5 rings (SSSR count). The molecule has 1 aromatic heterocycles. The zero-order chi connectivity index (χ0) is 25.6. The molecule has 2 amide bonds. The Hall–Kier alpha value is -4.78. The summed E-state index contributed by atoms with van der Waals surface area (Å²) in [6.45, 7) is 2.24. The molecule has 0 unspecified atom stereocenters. The summed E-state index contributed by atoms with van der Waals surface area (Å²) in [5.41, 5.74) is 4.74. The number of rotatable bonds is 8. The van der Waals surface area contributed by atoms with Crippen LogP contribution >= 0.6 is 0 Å². The molecular formula is C30H27N5O2. The average molecular weight is 490 g/mol. The number of carbonyl (C=O) groups excluding carboxylic acids is 2. The molecule has 1 heterocycles. The van der Waals surface area contributed by atoms with Crippen molar-refractivity contribution in [1.82, 2.24) is 20.3 Å². The van der Waals surface area contributed by atoms with E-state index in [9.17, 15) is 9.59 Å². The molecule has 4 aromatic carbocycles. The molecule has 1 N–H and O–H groups in total. The van der Waals surface area contributed by atoms with Gasteiger partial charge in [-0.1, -0.05) is 90.1 Å². The monoisotopic (exact) mass is 489 g/mol. The molecule has 7 heteroatoms. The number of nitrogens with zero attached hydrogens (tertiary/aromatic N) is 4. The van der Waals surface area contributed by atoms with Crippen molar-refractivity contribution in [3.05, 3.63) is 126 Å². The van der Waals surface area contributed by atoms with Gasteiger partial charge in [0, 0.05) is 12.2 Å². The number of anilines is 1. The third-order valence-electron chi connectivity index (χ3n) is 6.31. The fourth-order valence-electron chi connectivity index (χ4n) is 4.44. The van der Waals surface area contributed by atoms with E-state index in [1.165, 1.54) is 0 Å². The molecule has 0 bridgehead atoms. The molecule has 0 saturated heterocycles. The van der Waals surface area contributed by atoms with Gasteiger partial charge in [0.1, 0.15) is 18.1 Å². The molecule has 0 fully saturated rings. The number of aryl methyl sites for hydroxylation is 1. The van der Waals surface area contributed by atoms with Gasteiger partial charge in [0.05, 0.1) is 5.52 Å². The molecule has 37 heavy (non-hydrogen) atoms. The third-order valence-corrected chi connectivity index (χ3v) is 6.31. The van der Waals surface area contributed by atoms with Crippen molar-refractivity contribution in [2.75, 3.05) is 4.90 Å². The van der Waals surface area contributed by atoms with Crippen molar-refractivity contribution in [3.8, 4) is 0 Å². The lowest BCUT2D eigenvalue weighted by atomic mass is 9.98. The minimum Gasteiger partial charge on any atom is -0.350 e. The molecule has 0 aliphatic rings. The summed E-state index contributed by atoms with van der Waals surface area (Å²) in [6, 6.07) is 33.3. The fourth-order valence-corrected chi connectivity index (χ4v) is 4.44. The number of nitrogens with one attached hydrogen (secondary N) is 1. The Labute approximate surface area is 215 Å². The van der Waals surface area contributed by atoms with E-state index < -0.39 is 6.04 Å². The number of carbonyl (C=O) groups is 2. The van der Waals surface area contributed by atoms with Crippen LogP contribution in [0.4, 0.5) is 5.69 Å². The maximum Gasteiger partial charge on any atom is 0.249 e. The van der Waals surface area contributed by atoms with Crippen LogP contribution in [0.25, 0.3) is 11.0 Å². The summed E-state index contributed by atoms with van der Waals surface area (Å²) in [5.74, 6) is -0.538. The Morgan fingerprint density at radius 2 is 1.49 bits per heavy atom. The number of benzene rings is 4. The predicted molar refractivity (Wildman–Crippen MR) is 144 cm³/mol. The second-order valence-corrected chi connectivity index (χ2v) is 8.80. The molecule has 0 spiro atoms. The third kappa shape index (κ3) is 5.26. The van der Waals surface area contributed by atoms with Gasteiger partial charge in [-0.3, -0.25) is 14.5 Å². The van der Waals surface area contributed by atoms with Gasteiger partial charge in [0.25, 0.3) is 0 Å². The number of hydrogen-bond acceptors (Lipinski definition) is 4.